The number of nitrogens with zero attached hydrogens (tertiary/aromatic N) is 1. The lowest BCUT2D eigenvalue weighted by atomic mass is 9.88. The molecule has 1 aromatic rings. The van der Waals surface area contributed by atoms with Gasteiger partial charge in [-0.05, 0) is 33.3 Å². The molecule has 90 valence electrons. The Morgan fingerprint density at radius 3 is 2.47 bits per heavy atom. The molecular weight excluding hydrogens is 222 g/mol. The number of nitro groups is 1. The number of esters is 1. The molecule has 0 amide bonds. The molecule has 5 heteroatoms. The smallest absolute Gasteiger partial charge is 0.339 e. The molecule has 0 fully saturated rings. The van der Waals surface area contributed by atoms with E-state index < -0.39 is 16.5 Å². The van der Waals surface area contributed by atoms with Crippen LogP contribution in [0.4, 0.5) is 5.69 Å². The summed E-state index contributed by atoms with van der Waals surface area (Å²) in [7, 11) is 0. The van der Waals surface area contributed by atoms with E-state index in [1.165, 1.54) is 6.07 Å². The van der Waals surface area contributed by atoms with Gasteiger partial charge in [-0.2, -0.15) is 0 Å². The largest absolute Gasteiger partial charge is 0.451 e. The van der Waals surface area contributed by atoms with Crippen LogP contribution >= 0.6 is 0 Å². The van der Waals surface area contributed by atoms with Gasteiger partial charge >= 0.3 is 5.97 Å². The van der Waals surface area contributed by atoms with E-state index in [2.05, 4.69) is 0 Å². The van der Waals surface area contributed by atoms with Crippen LogP contribution in [0.25, 0.3) is 0 Å². The van der Waals surface area contributed by atoms with Gasteiger partial charge in [0.15, 0.2) is 0 Å². The van der Waals surface area contributed by atoms with Crippen LogP contribution in [0.15, 0.2) is 6.07 Å². The third kappa shape index (κ3) is 1.50. The van der Waals surface area contributed by atoms with Crippen LogP contribution in [0.1, 0.15) is 40.9 Å². The highest BCUT2D eigenvalue weighted by Crippen LogP contribution is 2.42. The van der Waals surface area contributed by atoms with E-state index >= 15 is 0 Å². The van der Waals surface area contributed by atoms with E-state index in [1.54, 1.807) is 27.7 Å². The van der Waals surface area contributed by atoms with Gasteiger partial charge in [-0.3, -0.25) is 10.1 Å². The Labute approximate surface area is 98.5 Å². The van der Waals surface area contributed by atoms with Gasteiger partial charge in [-0.25, -0.2) is 4.79 Å². The fourth-order valence-electron chi connectivity index (χ4n) is 2.45. The first-order chi connectivity index (χ1) is 7.75. The Bertz CT molecular complexity index is 546. The van der Waals surface area contributed by atoms with Gasteiger partial charge < -0.3 is 4.74 Å². The summed E-state index contributed by atoms with van der Waals surface area (Å²) in [5.41, 5.74) is 1.46. The van der Waals surface area contributed by atoms with E-state index in [9.17, 15) is 14.9 Å². The number of nitro benzene ring substituents is 1. The predicted molar refractivity (Wildman–Crippen MR) is 61.0 cm³/mol. The molecule has 1 aromatic carbocycles. The summed E-state index contributed by atoms with van der Waals surface area (Å²) in [6.07, 6.45) is 0. The van der Waals surface area contributed by atoms with Crippen molar-refractivity contribution in [3.8, 4) is 0 Å². The zero-order valence-electron chi connectivity index (χ0n) is 10.2. The molecule has 0 aromatic heterocycles. The van der Waals surface area contributed by atoms with Gasteiger partial charge in [0.2, 0.25) is 0 Å². The number of rotatable bonds is 1. The second-order valence-corrected chi connectivity index (χ2v) is 4.74. The molecule has 1 heterocycles. The van der Waals surface area contributed by atoms with Crippen molar-refractivity contribution in [2.45, 2.75) is 33.3 Å². The maximum atomic E-state index is 11.8. The van der Waals surface area contributed by atoms with Crippen LogP contribution in [-0.2, 0) is 10.3 Å². The lowest BCUT2D eigenvalue weighted by Gasteiger charge is -2.19. The Balaban J connectivity index is 2.84. The Kier molecular flexibility index (Phi) is 2.24. The fraction of sp³-hybridized carbons (Fsp3) is 0.417. The molecule has 17 heavy (non-hydrogen) atoms. The molecule has 2 rings (SSSR count). The first kappa shape index (κ1) is 11.6. The van der Waals surface area contributed by atoms with E-state index in [1.807, 2.05) is 0 Å². The van der Waals surface area contributed by atoms with Gasteiger partial charge in [0.25, 0.3) is 5.69 Å². The molecule has 5 nitrogen and oxygen atoms in total. The Morgan fingerprint density at radius 2 is 1.94 bits per heavy atom. The minimum absolute atomic E-state index is 0.0316. The maximum Gasteiger partial charge on any atom is 0.339 e. The van der Waals surface area contributed by atoms with Crippen molar-refractivity contribution in [3.63, 3.8) is 0 Å². The van der Waals surface area contributed by atoms with E-state index in [-0.39, 0.29) is 5.69 Å². The summed E-state index contributed by atoms with van der Waals surface area (Å²) in [5, 5.41) is 10.9. The topological polar surface area (TPSA) is 69.4 Å². The number of carbonyl (C=O) groups is 1. The average Bonchev–Trinajstić information content (AvgIpc) is 2.42. The number of carbonyl (C=O) groups excluding carboxylic acids is 1. The molecule has 0 radical (unpaired) electrons. The zero-order valence-corrected chi connectivity index (χ0v) is 10.2. The van der Waals surface area contributed by atoms with Gasteiger partial charge in [-0.1, -0.05) is 0 Å². The van der Waals surface area contributed by atoms with Crippen molar-refractivity contribution in [3.05, 3.63) is 38.4 Å². The van der Waals surface area contributed by atoms with E-state index in [0.717, 1.165) is 5.56 Å². The summed E-state index contributed by atoms with van der Waals surface area (Å²) < 4.78 is 5.25. The monoisotopic (exact) mass is 235 g/mol. The van der Waals surface area contributed by atoms with Crippen LogP contribution in [0, 0.1) is 24.0 Å². The fourth-order valence-corrected chi connectivity index (χ4v) is 2.45. The molecule has 0 aliphatic carbocycles. The van der Waals surface area contributed by atoms with Crippen LogP contribution in [0.2, 0.25) is 0 Å². The molecule has 0 saturated carbocycles. The molecule has 0 unspecified atom stereocenters. The lowest BCUT2D eigenvalue weighted by Crippen LogP contribution is -2.17. The molecule has 0 saturated heterocycles. The predicted octanol–water partition coefficient (Wildman–Crippen LogP) is 2.62. The molecule has 1 aliphatic rings. The van der Waals surface area contributed by atoms with Gasteiger partial charge in [0.1, 0.15) is 5.60 Å². The second-order valence-electron chi connectivity index (χ2n) is 4.74. The highest BCUT2D eigenvalue weighted by atomic mass is 16.6. The summed E-state index contributed by atoms with van der Waals surface area (Å²) >= 11 is 0. The number of benzene rings is 1. The average molecular weight is 235 g/mol. The Hall–Kier alpha value is -1.91. The number of hydrogen-bond donors (Lipinski definition) is 0. The van der Waals surface area contributed by atoms with Gasteiger partial charge in [0.05, 0.1) is 10.5 Å². The number of cyclic esters (lactones) is 1. The normalized spacial score (nSPS) is 16.6. The van der Waals surface area contributed by atoms with Crippen molar-refractivity contribution in [2.24, 2.45) is 0 Å². The zero-order chi connectivity index (χ0) is 13.0. The van der Waals surface area contributed by atoms with Crippen LogP contribution in [0.5, 0.6) is 0 Å². The van der Waals surface area contributed by atoms with Gasteiger partial charge in [-0.15, -0.1) is 0 Å². The first-order valence-corrected chi connectivity index (χ1v) is 5.28. The summed E-state index contributed by atoms with van der Waals surface area (Å²) in [4.78, 5) is 22.2. The second kappa shape index (κ2) is 3.29. The molecule has 1 aliphatic heterocycles. The number of fused-ring (bicyclic) bond motifs is 1. The first-order valence-electron chi connectivity index (χ1n) is 5.28. The molecular formula is C12H13NO4. The summed E-state index contributed by atoms with van der Waals surface area (Å²) in [6.45, 7) is 6.91. The molecule has 0 atom stereocenters. The molecule has 0 N–H and O–H groups in total. The van der Waals surface area contributed by atoms with Crippen molar-refractivity contribution in [1.82, 2.24) is 0 Å². The van der Waals surface area contributed by atoms with Crippen LogP contribution < -0.4 is 0 Å². The molecule has 0 spiro atoms. The highest BCUT2D eigenvalue weighted by molar-refractivity contribution is 5.97. The summed E-state index contributed by atoms with van der Waals surface area (Å²) in [6, 6.07) is 1.50. The number of ether oxygens (including phenoxy) is 1. The minimum Gasteiger partial charge on any atom is -0.451 e. The Morgan fingerprint density at radius 1 is 1.35 bits per heavy atom. The third-order valence-electron chi connectivity index (χ3n) is 3.11. The van der Waals surface area contributed by atoms with E-state index in [0.29, 0.717) is 16.7 Å². The van der Waals surface area contributed by atoms with Crippen molar-refractivity contribution in [2.75, 3.05) is 0 Å². The maximum absolute atomic E-state index is 11.8. The third-order valence-corrected chi connectivity index (χ3v) is 3.11. The quantitative estimate of drug-likeness (QED) is 0.426. The minimum atomic E-state index is -0.712. The lowest BCUT2D eigenvalue weighted by molar-refractivity contribution is -0.385. The summed E-state index contributed by atoms with van der Waals surface area (Å²) in [5.74, 6) is -0.477. The SMILES string of the molecule is Cc1cc([N+](=O)[O-])c(C)c2c1C(C)(C)OC2=O. The van der Waals surface area contributed by atoms with E-state index in [4.69, 9.17) is 4.74 Å². The van der Waals surface area contributed by atoms with Crippen molar-refractivity contribution in [1.29, 1.82) is 0 Å². The highest BCUT2D eigenvalue weighted by Gasteiger charge is 2.42. The van der Waals surface area contributed by atoms with Crippen LogP contribution in [-0.4, -0.2) is 10.9 Å². The molecule has 0 bridgehead atoms. The standard InChI is InChI=1S/C12H13NO4/c1-6-5-8(13(15)16)7(2)9-10(6)12(3,4)17-11(9)14/h5H,1-4H3. The van der Waals surface area contributed by atoms with Crippen LogP contribution in [0.3, 0.4) is 0 Å². The van der Waals surface area contributed by atoms with Gasteiger partial charge in [0, 0.05) is 17.2 Å². The number of aryl methyl sites for hydroxylation is 1. The van der Waals surface area contributed by atoms with Crippen molar-refractivity contribution >= 4 is 11.7 Å². The van der Waals surface area contributed by atoms with Crippen molar-refractivity contribution < 1.29 is 14.5 Å². The number of hydrogen-bond acceptors (Lipinski definition) is 4.